The number of hydrogen-bond donors (Lipinski definition) is 0. The first kappa shape index (κ1) is 15.7. The van der Waals surface area contributed by atoms with Crippen LogP contribution in [0.2, 0.25) is 0 Å². The minimum Gasteiger partial charge on any atom is -0.274 e. The Hall–Kier alpha value is -3.53. The first-order valence-corrected chi connectivity index (χ1v) is 8.88. The van der Waals surface area contributed by atoms with Crippen molar-refractivity contribution in [1.29, 1.82) is 0 Å². The summed E-state index contributed by atoms with van der Waals surface area (Å²) < 4.78 is 0. The molecule has 0 atom stereocenters. The van der Waals surface area contributed by atoms with Crippen molar-refractivity contribution in [3.63, 3.8) is 0 Å². The molecular formula is C23H16N2O2. The molecule has 27 heavy (non-hydrogen) atoms. The molecule has 4 nitrogen and oxygen atoms in total. The molecule has 0 fully saturated rings. The number of aryl methyl sites for hydroxylation is 1. The summed E-state index contributed by atoms with van der Waals surface area (Å²) >= 11 is 0. The molecule has 1 aliphatic heterocycles. The first-order chi connectivity index (χ1) is 13.1. The second kappa shape index (κ2) is 5.74. The number of fused-ring (bicyclic) bond motifs is 3. The number of para-hydroxylation sites is 1. The van der Waals surface area contributed by atoms with Crippen LogP contribution in [0.25, 0.3) is 21.8 Å². The molecule has 0 saturated carbocycles. The van der Waals surface area contributed by atoms with E-state index in [-0.39, 0.29) is 18.2 Å². The zero-order valence-electron chi connectivity index (χ0n) is 14.8. The van der Waals surface area contributed by atoms with Crippen LogP contribution in [-0.2, 0) is 11.2 Å². The van der Waals surface area contributed by atoms with E-state index in [0.29, 0.717) is 11.3 Å². The van der Waals surface area contributed by atoms with Crippen LogP contribution in [0.1, 0.15) is 21.5 Å². The van der Waals surface area contributed by atoms with E-state index < -0.39 is 0 Å². The second-order valence-electron chi connectivity index (χ2n) is 6.87. The maximum absolute atomic E-state index is 13.3. The number of amides is 2. The number of benzene rings is 3. The van der Waals surface area contributed by atoms with E-state index in [0.717, 1.165) is 32.9 Å². The minimum absolute atomic E-state index is 0.210. The van der Waals surface area contributed by atoms with Crippen molar-refractivity contribution in [3.05, 3.63) is 83.4 Å². The lowest BCUT2D eigenvalue weighted by atomic mass is 9.96. The summed E-state index contributed by atoms with van der Waals surface area (Å²) in [6.07, 6.45) is 0.214. The van der Waals surface area contributed by atoms with Crippen LogP contribution in [0.4, 0.5) is 5.69 Å². The van der Waals surface area contributed by atoms with Gasteiger partial charge in [0.05, 0.1) is 23.1 Å². The molecule has 130 valence electrons. The molecule has 2 heterocycles. The van der Waals surface area contributed by atoms with Gasteiger partial charge in [-0.3, -0.25) is 9.59 Å². The SMILES string of the molecule is Cc1ccc2nc3ccccc3c(N3C(=O)Cc4ccccc4C3=O)c2c1. The Labute approximate surface area is 156 Å². The van der Waals surface area contributed by atoms with Gasteiger partial charge in [-0.15, -0.1) is 0 Å². The molecule has 0 N–H and O–H groups in total. The quantitative estimate of drug-likeness (QED) is 0.376. The number of pyridine rings is 1. The van der Waals surface area contributed by atoms with Crippen molar-refractivity contribution in [3.8, 4) is 0 Å². The Bertz CT molecular complexity index is 1260. The van der Waals surface area contributed by atoms with Gasteiger partial charge < -0.3 is 0 Å². The van der Waals surface area contributed by atoms with E-state index in [2.05, 4.69) is 0 Å². The van der Waals surface area contributed by atoms with Crippen LogP contribution in [0.15, 0.2) is 66.7 Å². The average Bonchev–Trinajstić information content (AvgIpc) is 2.67. The fraction of sp³-hybridized carbons (Fsp3) is 0.0870. The van der Waals surface area contributed by atoms with E-state index in [1.807, 2.05) is 67.6 Å². The van der Waals surface area contributed by atoms with Gasteiger partial charge in [0.2, 0.25) is 5.91 Å². The molecule has 0 unspecified atom stereocenters. The van der Waals surface area contributed by atoms with Crippen LogP contribution in [0.3, 0.4) is 0 Å². The zero-order valence-corrected chi connectivity index (χ0v) is 14.8. The monoisotopic (exact) mass is 352 g/mol. The van der Waals surface area contributed by atoms with Gasteiger partial charge in [0.15, 0.2) is 0 Å². The molecule has 0 saturated heterocycles. The van der Waals surface area contributed by atoms with Crippen LogP contribution >= 0.6 is 0 Å². The molecule has 4 heteroatoms. The van der Waals surface area contributed by atoms with Crippen molar-refractivity contribution in [1.82, 2.24) is 4.98 Å². The second-order valence-corrected chi connectivity index (χ2v) is 6.87. The average molecular weight is 352 g/mol. The van der Waals surface area contributed by atoms with Crippen LogP contribution in [0.5, 0.6) is 0 Å². The van der Waals surface area contributed by atoms with Gasteiger partial charge in [0.25, 0.3) is 5.91 Å². The molecule has 0 spiro atoms. The predicted octanol–water partition coefficient (Wildman–Crippen LogP) is 4.43. The summed E-state index contributed by atoms with van der Waals surface area (Å²) in [7, 11) is 0. The largest absolute Gasteiger partial charge is 0.274 e. The van der Waals surface area contributed by atoms with Crippen LogP contribution < -0.4 is 4.90 Å². The summed E-state index contributed by atoms with van der Waals surface area (Å²) in [6.45, 7) is 1.99. The molecule has 2 amide bonds. The summed E-state index contributed by atoms with van der Waals surface area (Å²) in [5, 5.41) is 1.62. The van der Waals surface area contributed by atoms with Gasteiger partial charge in [-0.2, -0.15) is 0 Å². The number of carbonyl (C=O) groups excluding carboxylic acids is 2. The molecular weight excluding hydrogens is 336 g/mol. The molecule has 1 aliphatic rings. The normalized spacial score (nSPS) is 14.0. The van der Waals surface area contributed by atoms with Gasteiger partial charge in [0.1, 0.15) is 0 Å². The summed E-state index contributed by atoms with van der Waals surface area (Å²) in [5.41, 5.74) is 4.58. The number of hydrogen-bond acceptors (Lipinski definition) is 3. The lowest BCUT2D eigenvalue weighted by Gasteiger charge is -2.28. The molecule has 0 bridgehead atoms. The topological polar surface area (TPSA) is 50.3 Å². The smallest absolute Gasteiger partial charge is 0.265 e. The summed E-state index contributed by atoms with van der Waals surface area (Å²) in [5.74, 6) is -0.487. The zero-order chi connectivity index (χ0) is 18.5. The van der Waals surface area contributed by atoms with E-state index in [1.54, 1.807) is 6.07 Å². The van der Waals surface area contributed by atoms with Gasteiger partial charge in [-0.05, 0) is 36.8 Å². The highest BCUT2D eigenvalue weighted by molar-refractivity contribution is 6.30. The lowest BCUT2D eigenvalue weighted by Crippen LogP contribution is -2.42. The Morgan fingerprint density at radius 3 is 2.48 bits per heavy atom. The number of anilines is 1. The summed E-state index contributed by atoms with van der Waals surface area (Å²) in [6, 6.07) is 20.9. The highest BCUT2D eigenvalue weighted by atomic mass is 16.2. The first-order valence-electron chi connectivity index (χ1n) is 8.88. The van der Waals surface area contributed by atoms with Gasteiger partial charge in [0, 0.05) is 16.3 Å². The van der Waals surface area contributed by atoms with Gasteiger partial charge in [-0.25, -0.2) is 9.88 Å². The number of imide groups is 1. The van der Waals surface area contributed by atoms with E-state index >= 15 is 0 Å². The van der Waals surface area contributed by atoms with Crippen molar-refractivity contribution in [2.75, 3.05) is 4.90 Å². The van der Waals surface area contributed by atoms with E-state index in [4.69, 9.17) is 4.98 Å². The van der Waals surface area contributed by atoms with Crippen molar-refractivity contribution < 1.29 is 9.59 Å². The Balaban J connectivity index is 1.87. The minimum atomic E-state index is -0.277. The van der Waals surface area contributed by atoms with Crippen LogP contribution in [-0.4, -0.2) is 16.8 Å². The third-order valence-electron chi connectivity index (χ3n) is 5.07. The van der Waals surface area contributed by atoms with Crippen molar-refractivity contribution in [2.24, 2.45) is 0 Å². The number of carbonyl (C=O) groups is 2. The predicted molar refractivity (Wildman–Crippen MR) is 106 cm³/mol. The molecule has 3 aromatic carbocycles. The fourth-order valence-electron chi connectivity index (χ4n) is 3.81. The third-order valence-corrected chi connectivity index (χ3v) is 5.07. The molecule has 0 aliphatic carbocycles. The van der Waals surface area contributed by atoms with Gasteiger partial charge >= 0.3 is 0 Å². The van der Waals surface area contributed by atoms with Crippen molar-refractivity contribution >= 4 is 39.3 Å². The summed E-state index contributed by atoms with van der Waals surface area (Å²) in [4.78, 5) is 32.4. The number of nitrogens with zero attached hydrogens (tertiary/aromatic N) is 2. The highest BCUT2D eigenvalue weighted by Crippen LogP contribution is 2.37. The van der Waals surface area contributed by atoms with Crippen molar-refractivity contribution in [2.45, 2.75) is 13.3 Å². The molecule has 5 rings (SSSR count). The maximum atomic E-state index is 13.3. The van der Waals surface area contributed by atoms with Crippen LogP contribution in [0, 0.1) is 6.92 Å². The van der Waals surface area contributed by atoms with Gasteiger partial charge in [-0.1, -0.05) is 48.0 Å². The maximum Gasteiger partial charge on any atom is 0.265 e. The standard InChI is InChI=1S/C23H16N2O2/c1-14-10-11-20-18(12-14)22(17-8-4-5-9-19(17)24-20)25-21(26)13-15-6-2-3-7-16(15)23(25)27/h2-12H,13H2,1H3. The third kappa shape index (κ3) is 2.34. The lowest BCUT2D eigenvalue weighted by molar-refractivity contribution is -0.117. The fourth-order valence-corrected chi connectivity index (χ4v) is 3.81. The molecule has 0 radical (unpaired) electrons. The number of aromatic nitrogens is 1. The Morgan fingerprint density at radius 2 is 1.59 bits per heavy atom. The highest BCUT2D eigenvalue weighted by Gasteiger charge is 2.34. The Morgan fingerprint density at radius 1 is 0.852 bits per heavy atom. The molecule has 1 aromatic heterocycles. The molecule has 4 aromatic rings. The number of rotatable bonds is 1. The van der Waals surface area contributed by atoms with E-state index in [9.17, 15) is 9.59 Å². The van der Waals surface area contributed by atoms with E-state index in [1.165, 1.54) is 4.90 Å². The Kier molecular flexibility index (Phi) is 3.34.